The first kappa shape index (κ1) is 38.9. The Labute approximate surface area is 385 Å². The number of fused-ring (bicyclic) bond motifs is 4. The van der Waals surface area contributed by atoms with Crippen LogP contribution in [0.3, 0.4) is 0 Å². The van der Waals surface area contributed by atoms with Gasteiger partial charge in [-0.3, -0.25) is 0 Å². The molecule has 0 unspecified atom stereocenters. The first-order chi connectivity index (χ1) is 32.8. The van der Waals surface area contributed by atoms with E-state index in [2.05, 4.69) is 276 Å². The van der Waals surface area contributed by atoms with Crippen LogP contribution in [0, 0.1) is 0 Å². The number of hydrogen-bond acceptors (Lipinski definition) is 1. The van der Waals surface area contributed by atoms with Crippen LogP contribution in [-0.4, -0.2) is 4.57 Å². The second-order valence-electron chi connectivity index (χ2n) is 16.9. The van der Waals surface area contributed by atoms with Gasteiger partial charge >= 0.3 is 0 Å². The lowest BCUT2D eigenvalue weighted by atomic mass is 9.89. The Balaban J connectivity index is 1.13. The van der Waals surface area contributed by atoms with Gasteiger partial charge in [-0.05, 0) is 110 Å². The zero-order chi connectivity index (χ0) is 43.8. The Kier molecular flexibility index (Phi) is 9.89. The van der Waals surface area contributed by atoms with Gasteiger partial charge in [0.15, 0.2) is 0 Å². The molecule has 0 saturated heterocycles. The lowest BCUT2D eigenvalue weighted by Crippen LogP contribution is -2.11. The maximum Gasteiger partial charge on any atom is 0.0562 e. The first-order valence-electron chi connectivity index (χ1n) is 22.7. The number of para-hydroxylation sites is 2. The van der Waals surface area contributed by atoms with Crippen molar-refractivity contribution >= 4 is 49.6 Å². The quantitative estimate of drug-likeness (QED) is 0.141. The van der Waals surface area contributed by atoms with E-state index in [-0.39, 0.29) is 0 Å². The number of nitrogens with zero attached hydrogens (tertiary/aromatic N) is 2. The van der Waals surface area contributed by atoms with Crippen LogP contribution in [-0.2, 0) is 0 Å². The molecule has 310 valence electrons. The van der Waals surface area contributed by atoms with E-state index in [1.54, 1.807) is 0 Å². The van der Waals surface area contributed by atoms with E-state index in [9.17, 15) is 0 Å². The monoisotopic (exact) mass is 840 g/mol. The highest BCUT2D eigenvalue weighted by molar-refractivity contribution is 6.12. The Morgan fingerprint density at radius 2 is 0.742 bits per heavy atom. The number of aromatic nitrogens is 1. The molecule has 0 aliphatic carbocycles. The topological polar surface area (TPSA) is 8.17 Å². The Bertz CT molecular complexity index is 3680. The molecule has 0 N–H and O–H groups in total. The molecule has 0 aliphatic rings. The van der Waals surface area contributed by atoms with Crippen molar-refractivity contribution in [3.8, 4) is 61.3 Å². The summed E-state index contributed by atoms with van der Waals surface area (Å²) in [5.74, 6) is 0. The van der Waals surface area contributed by atoms with Crippen LogP contribution in [0.5, 0.6) is 0 Å². The first-order valence-corrected chi connectivity index (χ1v) is 22.7. The van der Waals surface area contributed by atoms with E-state index in [1.165, 1.54) is 66.0 Å². The summed E-state index contributed by atoms with van der Waals surface area (Å²) < 4.78 is 2.49. The maximum atomic E-state index is 2.49. The molecule has 0 radical (unpaired) electrons. The fraction of sp³-hybridized carbons (Fsp3) is 0. The van der Waals surface area contributed by atoms with Crippen LogP contribution in [0.15, 0.2) is 267 Å². The van der Waals surface area contributed by atoms with Gasteiger partial charge in [0, 0.05) is 33.3 Å². The summed E-state index contributed by atoms with van der Waals surface area (Å²) in [6.07, 6.45) is 0. The molecular formula is C64H44N2. The molecule has 11 aromatic carbocycles. The summed E-state index contributed by atoms with van der Waals surface area (Å²) in [4.78, 5) is 2.45. The van der Waals surface area contributed by atoms with Gasteiger partial charge in [-0.2, -0.15) is 0 Å². The van der Waals surface area contributed by atoms with Crippen LogP contribution in [0.1, 0.15) is 0 Å². The highest BCUT2D eigenvalue weighted by Gasteiger charge is 2.23. The zero-order valence-corrected chi connectivity index (χ0v) is 36.3. The average molecular weight is 841 g/mol. The van der Waals surface area contributed by atoms with Crippen LogP contribution >= 0.6 is 0 Å². The Morgan fingerprint density at radius 1 is 0.258 bits per heavy atom. The standard InChI is InChI=1S/C64H44N2/c1-5-21-45(22-6-1)53-31-15-16-33-55(53)50-37-40-62(60(42-50)56-34-18-17-32-54(56)46-23-7-2-8-24-46)65(51-29-11-4-12-30-51)52-38-39-58-57-35-19-20-36-61(57)66(64(58)44-52)63-43-49-28-14-13-27-48(49)41-59(63)47-25-9-3-10-26-47/h1-44H. The van der Waals surface area contributed by atoms with Gasteiger partial charge in [0.25, 0.3) is 0 Å². The van der Waals surface area contributed by atoms with Crippen molar-refractivity contribution in [2.45, 2.75) is 0 Å². The average Bonchev–Trinajstić information content (AvgIpc) is 3.73. The van der Waals surface area contributed by atoms with Gasteiger partial charge < -0.3 is 9.47 Å². The molecule has 2 heteroatoms. The van der Waals surface area contributed by atoms with E-state index in [4.69, 9.17) is 0 Å². The minimum Gasteiger partial charge on any atom is -0.310 e. The molecule has 66 heavy (non-hydrogen) atoms. The minimum absolute atomic E-state index is 1.07. The van der Waals surface area contributed by atoms with Gasteiger partial charge in [0.05, 0.1) is 22.4 Å². The van der Waals surface area contributed by atoms with Crippen LogP contribution in [0.25, 0.3) is 93.9 Å². The fourth-order valence-corrected chi connectivity index (χ4v) is 9.93. The lowest BCUT2D eigenvalue weighted by molar-refractivity contribution is 1.18. The third kappa shape index (κ3) is 6.93. The summed E-state index contributed by atoms with van der Waals surface area (Å²) in [7, 11) is 0. The van der Waals surface area contributed by atoms with Gasteiger partial charge in [-0.1, -0.05) is 212 Å². The lowest BCUT2D eigenvalue weighted by Gasteiger charge is -2.29. The molecule has 0 saturated carbocycles. The van der Waals surface area contributed by atoms with Gasteiger partial charge in [0.1, 0.15) is 0 Å². The van der Waals surface area contributed by atoms with Crippen molar-refractivity contribution in [1.82, 2.24) is 4.57 Å². The molecule has 0 bridgehead atoms. The molecule has 0 aliphatic heterocycles. The predicted octanol–water partition coefficient (Wildman–Crippen LogP) is 17.7. The van der Waals surface area contributed by atoms with Crippen molar-refractivity contribution in [2.24, 2.45) is 0 Å². The molecule has 12 rings (SSSR count). The van der Waals surface area contributed by atoms with Crippen molar-refractivity contribution in [3.63, 3.8) is 0 Å². The number of rotatable bonds is 9. The van der Waals surface area contributed by atoms with E-state index in [0.717, 1.165) is 45.0 Å². The van der Waals surface area contributed by atoms with Crippen LogP contribution < -0.4 is 4.90 Å². The van der Waals surface area contributed by atoms with Gasteiger partial charge in [-0.25, -0.2) is 0 Å². The zero-order valence-electron chi connectivity index (χ0n) is 36.3. The van der Waals surface area contributed by atoms with Gasteiger partial charge in [-0.15, -0.1) is 0 Å². The minimum atomic E-state index is 1.07. The summed E-state index contributed by atoms with van der Waals surface area (Å²) in [6.45, 7) is 0. The SMILES string of the molecule is c1ccc(-c2ccccc2-c2ccc(N(c3ccccc3)c3ccc4c5ccccc5n(-c5cc6ccccc6cc5-c5ccccc5)c4c3)c(-c3ccccc3-c3ccccc3)c2)cc1. The van der Waals surface area contributed by atoms with Gasteiger partial charge in [0.2, 0.25) is 0 Å². The molecule has 1 aromatic heterocycles. The number of benzene rings is 11. The third-order valence-electron chi connectivity index (χ3n) is 13.0. The molecular weight excluding hydrogens is 797 g/mol. The normalized spacial score (nSPS) is 11.3. The van der Waals surface area contributed by atoms with Crippen molar-refractivity contribution in [3.05, 3.63) is 267 Å². The maximum absolute atomic E-state index is 2.49. The third-order valence-corrected chi connectivity index (χ3v) is 13.0. The molecule has 2 nitrogen and oxygen atoms in total. The molecule has 0 fully saturated rings. The highest BCUT2D eigenvalue weighted by Crippen LogP contribution is 2.48. The van der Waals surface area contributed by atoms with E-state index in [1.807, 2.05) is 0 Å². The summed E-state index contributed by atoms with van der Waals surface area (Å²) in [6, 6.07) is 97.1. The molecule has 1 heterocycles. The second-order valence-corrected chi connectivity index (χ2v) is 16.9. The van der Waals surface area contributed by atoms with Crippen molar-refractivity contribution in [2.75, 3.05) is 4.90 Å². The second kappa shape index (κ2) is 16.8. The predicted molar refractivity (Wildman–Crippen MR) is 280 cm³/mol. The fourth-order valence-electron chi connectivity index (χ4n) is 9.93. The van der Waals surface area contributed by atoms with E-state index < -0.39 is 0 Å². The Morgan fingerprint density at radius 3 is 1.39 bits per heavy atom. The van der Waals surface area contributed by atoms with Crippen LogP contribution in [0.4, 0.5) is 17.1 Å². The molecule has 12 aromatic rings. The van der Waals surface area contributed by atoms with Crippen LogP contribution in [0.2, 0.25) is 0 Å². The molecule has 0 spiro atoms. The Hall–Kier alpha value is -8.72. The summed E-state index contributed by atoms with van der Waals surface area (Å²) >= 11 is 0. The van der Waals surface area contributed by atoms with Crippen molar-refractivity contribution < 1.29 is 0 Å². The summed E-state index contributed by atoms with van der Waals surface area (Å²) in [5, 5.41) is 4.85. The smallest absolute Gasteiger partial charge is 0.0562 e. The number of anilines is 3. The number of hydrogen-bond donors (Lipinski definition) is 0. The largest absolute Gasteiger partial charge is 0.310 e. The summed E-state index contributed by atoms with van der Waals surface area (Å²) in [5.41, 5.74) is 18.5. The molecule has 0 atom stereocenters. The molecule has 0 amide bonds. The highest BCUT2D eigenvalue weighted by atomic mass is 15.1. The van der Waals surface area contributed by atoms with Crippen molar-refractivity contribution in [1.29, 1.82) is 0 Å². The van der Waals surface area contributed by atoms with E-state index >= 15 is 0 Å². The van der Waals surface area contributed by atoms with E-state index in [0.29, 0.717) is 0 Å².